The van der Waals surface area contributed by atoms with E-state index in [2.05, 4.69) is 5.10 Å². The third-order valence-electron chi connectivity index (χ3n) is 3.43. The van der Waals surface area contributed by atoms with Crippen molar-refractivity contribution in [3.63, 3.8) is 0 Å². The summed E-state index contributed by atoms with van der Waals surface area (Å²) in [4.78, 5) is 0. The Kier molecular flexibility index (Phi) is 5.73. The number of aliphatic hydroxyl groups is 1. The molecular weight excluding hydrogens is 352 g/mol. The number of hydrogen-bond acceptors (Lipinski definition) is 2. The Morgan fingerprint density at radius 1 is 1.00 bits per heavy atom. The lowest BCUT2D eigenvalue weighted by molar-refractivity contribution is -0.676. The Balaban J connectivity index is 1.78. The second-order valence-corrected chi connectivity index (χ2v) is 5.50. The molecule has 1 aromatic heterocycles. The second kappa shape index (κ2) is 7.44. The fraction of sp³-hybridized carbons (Fsp3) is 0.400. The highest BCUT2D eigenvalue weighted by molar-refractivity contribution is 5.23. The van der Waals surface area contributed by atoms with Crippen molar-refractivity contribution in [1.82, 2.24) is 9.78 Å². The van der Waals surface area contributed by atoms with Crippen LogP contribution in [0.25, 0.3) is 0 Å². The predicted octanol–water partition coefficient (Wildman–Crippen LogP) is 2.05. The van der Waals surface area contributed by atoms with E-state index >= 15 is 0 Å². The Labute approximate surface area is 139 Å². The number of aliphatic hydroxyl groups excluding tert-OH is 1. The van der Waals surface area contributed by atoms with Gasteiger partial charge in [-0.2, -0.15) is 31.4 Å². The van der Waals surface area contributed by atoms with Gasteiger partial charge in [-0.15, -0.1) is 0 Å². The monoisotopic (exact) mass is 368 g/mol. The molecule has 0 fully saturated rings. The van der Waals surface area contributed by atoms with Crippen molar-refractivity contribution in [2.75, 3.05) is 6.54 Å². The van der Waals surface area contributed by atoms with Gasteiger partial charge in [0.05, 0.1) is 12.1 Å². The zero-order chi connectivity index (χ0) is 18.7. The summed E-state index contributed by atoms with van der Waals surface area (Å²) >= 11 is 0. The highest BCUT2D eigenvalue weighted by Crippen LogP contribution is 2.29. The lowest BCUT2D eigenvalue weighted by atomic mass is 10.1. The largest absolute Gasteiger partial charge is 0.435 e. The first-order valence-corrected chi connectivity index (χ1v) is 7.32. The van der Waals surface area contributed by atoms with E-state index in [1.54, 1.807) is 5.32 Å². The number of halogens is 6. The number of nitrogens with zero attached hydrogens (tertiary/aromatic N) is 2. The Bertz CT molecular complexity index is 678. The van der Waals surface area contributed by atoms with Gasteiger partial charge in [-0.3, -0.25) is 4.68 Å². The van der Waals surface area contributed by atoms with E-state index in [-0.39, 0.29) is 13.1 Å². The first kappa shape index (κ1) is 19.3. The normalized spacial score (nSPS) is 13.9. The molecule has 0 spiro atoms. The minimum absolute atomic E-state index is 0.112. The maximum Gasteiger partial charge on any atom is 0.435 e. The number of nitrogens with two attached hydrogens (primary N) is 1. The van der Waals surface area contributed by atoms with E-state index in [0.29, 0.717) is 12.1 Å². The van der Waals surface area contributed by atoms with Crippen molar-refractivity contribution in [2.45, 2.75) is 31.5 Å². The molecule has 0 aliphatic carbocycles. The zero-order valence-electron chi connectivity index (χ0n) is 12.8. The third-order valence-corrected chi connectivity index (χ3v) is 3.43. The van der Waals surface area contributed by atoms with Crippen LogP contribution >= 0.6 is 0 Å². The third kappa shape index (κ3) is 5.75. The SMILES string of the molecule is O[C@H](C[NH2+]Cc1ccc(C(F)(F)F)cc1)Cn1ccc(C(F)(F)F)n1. The van der Waals surface area contributed by atoms with E-state index in [0.717, 1.165) is 29.1 Å². The van der Waals surface area contributed by atoms with Gasteiger partial charge in [0.2, 0.25) is 0 Å². The maximum absolute atomic E-state index is 12.4. The van der Waals surface area contributed by atoms with Gasteiger partial charge >= 0.3 is 12.4 Å². The number of rotatable bonds is 6. The van der Waals surface area contributed by atoms with Gasteiger partial charge in [-0.25, -0.2) is 0 Å². The molecule has 1 atom stereocenters. The Morgan fingerprint density at radius 2 is 1.64 bits per heavy atom. The fourth-order valence-electron chi connectivity index (χ4n) is 2.18. The predicted molar refractivity (Wildman–Crippen MR) is 75.2 cm³/mol. The molecule has 4 nitrogen and oxygen atoms in total. The molecule has 0 bridgehead atoms. The van der Waals surface area contributed by atoms with E-state index in [1.165, 1.54) is 12.1 Å². The van der Waals surface area contributed by atoms with Crippen molar-refractivity contribution in [1.29, 1.82) is 0 Å². The molecule has 3 N–H and O–H groups in total. The molecule has 25 heavy (non-hydrogen) atoms. The summed E-state index contributed by atoms with van der Waals surface area (Å²) in [5, 5.41) is 14.8. The molecule has 0 aliphatic heterocycles. The molecule has 0 aliphatic rings. The smallest absolute Gasteiger partial charge is 0.385 e. The van der Waals surface area contributed by atoms with Crippen LogP contribution in [0.3, 0.4) is 0 Å². The molecule has 1 aromatic carbocycles. The summed E-state index contributed by atoms with van der Waals surface area (Å²) in [6.07, 6.45) is -8.75. The molecule has 1 heterocycles. The van der Waals surface area contributed by atoms with Gasteiger partial charge in [-0.05, 0) is 18.2 Å². The van der Waals surface area contributed by atoms with E-state index < -0.39 is 29.7 Å². The molecule has 0 radical (unpaired) electrons. The summed E-state index contributed by atoms with van der Waals surface area (Å²) in [5.74, 6) is 0. The van der Waals surface area contributed by atoms with Crippen LogP contribution < -0.4 is 5.32 Å². The average Bonchev–Trinajstić information content (AvgIpc) is 2.95. The molecular formula is C15H16F6N3O+. The minimum Gasteiger partial charge on any atom is -0.385 e. The quantitative estimate of drug-likeness (QED) is 0.767. The lowest BCUT2D eigenvalue weighted by Crippen LogP contribution is -2.85. The van der Waals surface area contributed by atoms with Crippen LogP contribution in [0.4, 0.5) is 26.3 Å². The van der Waals surface area contributed by atoms with Gasteiger partial charge < -0.3 is 10.4 Å². The lowest BCUT2D eigenvalue weighted by Gasteiger charge is -2.11. The van der Waals surface area contributed by atoms with Crippen LogP contribution in [-0.4, -0.2) is 27.5 Å². The Morgan fingerprint density at radius 3 is 2.16 bits per heavy atom. The molecule has 0 saturated carbocycles. The van der Waals surface area contributed by atoms with Gasteiger partial charge in [0.25, 0.3) is 0 Å². The van der Waals surface area contributed by atoms with Crippen LogP contribution in [0.2, 0.25) is 0 Å². The van der Waals surface area contributed by atoms with Gasteiger partial charge in [0.1, 0.15) is 19.2 Å². The summed E-state index contributed by atoms with van der Waals surface area (Å²) in [6, 6.07) is 5.45. The molecule has 10 heteroatoms. The number of hydrogen-bond donors (Lipinski definition) is 2. The number of alkyl halides is 6. The highest BCUT2D eigenvalue weighted by atomic mass is 19.4. The number of quaternary nitrogens is 1. The van der Waals surface area contributed by atoms with Crippen LogP contribution in [0.1, 0.15) is 16.8 Å². The minimum atomic E-state index is -4.54. The van der Waals surface area contributed by atoms with Crippen LogP contribution in [0, 0.1) is 0 Å². The molecule has 2 rings (SSSR count). The molecule has 2 aromatic rings. The van der Waals surface area contributed by atoms with Crippen LogP contribution in [0.15, 0.2) is 36.5 Å². The topological polar surface area (TPSA) is 54.7 Å². The first-order valence-electron chi connectivity index (χ1n) is 7.32. The number of aromatic nitrogens is 2. The van der Waals surface area contributed by atoms with Crippen molar-refractivity contribution < 1.29 is 36.8 Å². The van der Waals surface area contributed by atoms with Crippen molar-refractivity contribution in [2.24, 2.45) is 0 Å². The standard InChI is InChI=1S/C15H15F6N3O/c16-14(17,18)11-3-1-10(2-4-11)7-22-8-12(25)9-24-6-5-13(23-24)15(19,20)21/h1-6,12,22,25H,7-9H2/p+1/t12-/m1/s1. The summed E-state index contributed by atoms with van der Waals surface area (Å²) in [5.41, 5.74) is -1.14. The van der Waals surface area contributed by atoms with Gasteiger partial charge in [0.15, 0.2) is 5.69 Å². The summed E-state index contributed by atoms with van der Waals surface area (Å²) in [7, 11) is 0. The number of benzene rings is 1. The molecule has 138 valence electrons. The second-order valence-electron chi connectivity index (χ2n) is 5.50. The van der Waals surface area contributed by atoms with Crippen molar-refractivity contribution in [3.8, 4) is 0 Å². The molecule has 0 unspecified atom stereocenters. The van der Waals surface area contributed by atoms with E-state index in [9.17, 15) is 31.4 Å². The Hall–Kier alpha value is -2.07. The van der Waals surface area contributed by atoms with Gasteiger partial charge in [-0.1, -0.05) is 12.1 Å². The van der Waals surface area contributed by atoms with E-state index in [1.807, 2.05) is 0 Å². The van der Waals surface area contributed by atoms with Crippen LogP contribution in [-0.2, 0) is 25.4 Å². The molecule has 0 amide bonds. The van der Waals surface area contributed by atoms with E-state index in [4.69, 9.17) is 0 Å². The highest BCUT2D eigenvalue weighted by Gasteiger charge is 2.33. The maximum atomic E-state index is 12.4. The van der Waals surface area contributed by atoms with Crippen LogP contribution in [0.5, 0.6) is 0 Å². The summed E-state index contributed by atoms with van der Waals surface area (Å²) in [6.45, 7) is 0.393. The average molecular weight is 368 g/mol. The van der Waals surface area contributed by atoms with Crippen molar-refractivity contribution >= 4 is 0 Å². The van der Waals surface area contributed by atoms with Gasteiger partial charge in [0, 0.05) is 11.8 Å². The van der Waals surface area contributed by atoms with Crippen molar-refractivity contribution in [3.05, 3.63) is 53.3 Å². The fourth-order valence-corrected chi connectivity index (χ4v) is 2.18. The first-order chi connectivity index (χ1) is 11.6. The summed E-state index contributed by atoms with van der Waals surface area (Å²) < 4.78 is 75.6. The zero-order valence-corrected chi connectivity index (χ0v) is 12.8. The molecule has 0 saturated heterocycles.